The van der Waals surface area contributed by atoms with Gasteiger partial charge in [0.25, 0.3) is 0 Å². The Kier molecular flexibility index (Phi) is 71.0. The third-order valence-electron chi connectivity index (χ3n) is 16.1. The van der Waals surface area contributed by atoms with Gasteiger partial charge in [0.05, 0.1) is 26.4 Å². The molecule has 0 rings (SSSR count). The molecule has 0 bridgehead atoms. The van der Waals surface area contributed by atoms with Gasteiger partial charge >= 0.3 is 39.5 Å². The van der Waals surface area contributed by atoms with Crippen LogP contribution >= 0.6 is 15.6 Å². The topological polar surface area (TPSA) is 237 Å². The summed E-state index contributed by atoms with van der Waals surface area (Å²) in [5.74, 6) is -2.24. The maximum Gasteiger partial charge on any atom is 0.472 e. The lowest BCUT2D eigenvalue weighted by atomic mass is 10.1. The number of aliphatic hydroxyl groups is 1. The van der Waals surface area contributed by atoms with E-state index in [4.69, 9.17) is 37.0 Å². The minimum atomic E-state index is -4.99. The van der Waals surface area contributed by atoms with E-state index in [0.29, 0.717) is 25.7 Å². The lowest BCUT2D eigenvalue weighted by Crippen LogP contribution is -2.30. The van der Waals surface area contributed by atoms with Crippen LogP contribution in [-0.4, -0.2) is 96.7 Å². The Morgan fingerprint density at radius 2 is 0.529 bits per heavy atom. The number of phosphoric acid groups is 2. The molecular weight excluding hydrogens is 1330 g/mol. The van der Waals surface area contributed by atoms with Gasteiger partial charge in [0, 0.05) is 25.7 Å². The highest BCUT2D eigenvalue weighted by molar-refractivity contribution is 7.47. The maximum absolute atomic E-state index is 13.1. The van der Waals surface area contributed by atoms with Crippen LogP contribution in [0.3, 0.4) is 0 Å². The largest absolute Gasteiger partial charge is 0.472 e. The first-order valence-electron chi connectivity index (χ1n) is 39.4. The van der Waals surface area contributed by atoms with Crippen molar-refractivity contribution in [1.82, 2.24) is 0 Å². The average molecular weight is 1470 g/mol. The number of hydrogen-bond acceptors (Lipinski definition) is 15. The Morgan fingerprint density at radius 1 is 0.284 bits per heavy atom. The van der Waals surface area contributed by atoms with Crippen molar-refractivity contribution in [2.24, 2.45) is 0 Å². The number of allylic oxidation sites excluding steroid dienone is 22. The smallest absolute Gasteiger partial charge is 0.462 e. The van der Waals surface area contributed by atoms with Gasteiger partial charge in [-0.15, -0.1) is 0 Å². The second-order valence-corrected chi connectivity index (χ2v) is 28.8. The molecule has 0 radical (unpaired) electrons. The monoisotopic (exact) mass is 1470 g/mol. The number of carbonyl (C=O) groups excluding carboxylic acids is 4. The lowest BCUT2D eigenvalue weighted by molar-refractivity contribution is -0.161. The molecule has 19 heteroatoms. The van der Waals surface area contributed by atoms with Gasteiger partial charge in [-0.1, -0.05) is 264 Å². The molecule has 0 aliphatic heterocycles. The van der Waals surface area contributed by atoms with Crippen molar-refractivity contribution in [2.45, 2.75) is 329 Å². The Morgan fingerprint density at radius 3 is 0.824 bits per heavy atom. The molecule has 3 N–H and O–H groups in total. The van der Waals surface area contributed by atoms with Gasteiger partial charge in [-0.05, 0) is 154 Å². The number of rotatable bonds is 73. The van der Waals surface area contributed by atoms with Crippen LogP contribution in [0.4, 0.5) is 0 Å². The summed E-state index contributed by atoms with van der Waals surface area (Å²) in [4.78, 5) is 73.0. The summed E-state index contributed by atoms with van der Waals surface area (Å²) in [6, 6.07) is 0. The third kappa shape index (κ3) is 73.5. The zero-order chi connectivity index (χ0) is 74.6. The Balaban J connectivity index is 5.38. The predicted octanol–water partition coefficient (Wildman–Crippen LogP) is 22.9. The molecule has 0 aromatic heterocycles. The first-order chi connectivity index (χ1) is 49.7. The first kappa shape index (κ1) is 97.2. The van der Waals surface area contributed by atoms with Gasteiger partial charge in [-0.3, -0.25) is 37.3 Å². The molecule has 584 valence electrons. The lowest BCUT2D eigenvalue weighted by Gasteiger charge is -2.21. The van der Waals surface area contributed by atoms with E-state index in [1.54, 1.807) is 0 Å². The summed E-state index contributed by atoms with van der Waals surface area (Å²) in [7, 11) is -9.98. The fourth-order valence-electron chi connectivity index (χ4n) is 10.1. The quantitative estimate of drug-likeness (QED) is 0.0169. The highest BCUT2D eigenvalue weighted by Crippen LogP contribution is 2.45. The Bertz CT molecular complexity index is 2460. The summed E-state index contributed by atoms with van der Waals surface area (Å²) in [5, 5.41) is 10.6. The van der Waals surface area contributed by atoms with Crippen molar-refractivity contribution in [3.05, 3.63) is 134 Å². The summed E-state index contributed by atoms with van der Waals surface area (Å²) in [6.07, 6.45) is 82.8. The number of esters is 4. The second-order valence-electron chi connectivity index (χ2n) is 25.9. The van der Waals surface area contributed by atoms with Gasteiger partial charge in [-0.25, -0.2) is 9.13 Å². The molecule has 5 unspecified atom stereocenters. The van der Waals surface area contributed by atoms with E-state index >= 15 is 0 Å². The van der Waals surface area contributed by atoms with Gasteiger partial charge in [0.15, 0.2) is 12.2 Å². The normalized spacial score (nSPS) is 14.6. The van der Waals surface area contributed by atoms with Crippen molar-refractivity contribution in [3.8, 4) is 0 Å². The predicted molar refractivity (Wildman–Crippen MR) is 418 cm³/mol. The summed E-state index contributed by atoms with van der Waals surface area (Å²) in [6.45, 7) is 4.50. The zero-order valence-corrected chi connectivity index (χ0v) is 65.5. The molecular formula is C83H140O17P2. The maximum atomic E-state index is 13.1. The van der Waals surface area contributed by atoms with Crippen LogP contribution in [0.25, 0.3) is 0 Å². The molecule has 0 aliphatic carbocycles. The van der Waals surface area contributed by atoms with Crippen LogP contribution in [0.5, 0.6) is 0 Å². The van der Waals surface area contributed by atoms with E-state index in [1.807, 2.05) is 0 Å². The van der Waals surface area contributed by atoms with Crippen molar-refractivity contribution < 1.29 is 80.2 Å². The van der Waals surface area contributed by atoms with E-state index in [9.17, 15) is 43.2 Å². The van der Waals surface area contributed by atoms with Crippen LogP contribution in [-0.2, 0) is 65.4 Å². The number of unbranched alkanes of at least 4 members (excludes halogenated alkanes) is 25. The Hall–Kier alpha value is -4.80. The molecule has 0 aliphatic rings. The fourth-order valence-corrected chi connectivity index (χ4v) is 11.7. The molecule has 17 nitrogen and oxygen atoms in total. The second kappa shape index (κ2) is 74.5. The van der Waals surface area contributed by atoms with Crippen molar-refractivity contribution in [3.63, 3.8) is 0 Å². The molecule has 0 spiro atoms. The van der Waals surface area contributed by atoms with Crippen LogP contribution in [0.15, 0.2) is 134 Å². The van der Waals surface area contributed by atoms with Gasteiger partial charge in [0.2, 0.25) is 0 Å². The van der Waals surface area contributed by atoms with Gasteiger partial charge in [-0.2, -0.15) is 0 Å². The van der Waals surface area contributed by atoms with E-state index in [2.05, 4.69) is 161 Å². The number of carbonyl (C=O) groups is 4. The van der Waals surface area contributed by atoms with Crippen molar-refractivity contribution >= 4 is 39.5 Å². The van der Waals surface area contributed by atoms with Gasteiger partial charge < -0.3 is 33.8 Å². The Labute approximate surface area is 618 Å². The molecule has 0 saturated carbocycles. The molecule has 0 heterocycles. The molecule has 0 fully saturated rings. The minimum Gasteiger partial charge on any atom is -0.462 e. The number of phosphoric ester groups is 2. The van der Waals surface area contributed by atoms with E-state index < -0.39 is 97.5 Å². The SMILES string of the molecule is CC/C=C\C/C=C\C/C=C\C/C=C\CCCCCCCCC(=O)OCC(COP(=O)(O)OCC(O)COP(=O)(O)OCC(COC(=O)CCCCCCC/C=C\C/C=C\C/C=C\CC)OC(=O)CCCCCCC/C=C\C/C=C\CCCCC)OC(=O)CCCCCCC/C=C\C/C=C\CCC. The van der Waals surface area contributed by atoms with Crippen molar-refractivity contribution in [1.29, 1.82) is 0 Å². The van der Waals surface area contributed by atoms with E-state index in [1.165, 1.54) is 19.3 Å². The molecule has 0 amide bonds. The molecule has 0 aromatic rings. The van der Waals surface area contributed by atoms with Crippen LogP contribution in [0, 0.1) is 0 Å². The average Bonchev–Trinajstić information content (AvgIpc) is 0.908. The van der Waals surface area contributed by atoms with Crippen molar-refractivity contribution in [2.75, 3.05) is 39.6 Å². The standard InChI is InChI=1S/C83H140O17P2/c1-5-9-13-17-21-25-29-33-36-37-38-39-42-45-48-52-56-60-64-68-81(86)94-73-78(99-82(87)69-65-61-57-53-49-43-32-28-24-20-16-12-8-4)75-97-101(89,90)95-71-77(84)72-96-102(91,92)98-76-79(100-83(88)70-66-62-58-54-50-46-41-35-31-27-23-19-15-11-7-3)74-93-80(85)67-63-59-55-51-47-44-40-34-30-26-22-18-14-10-6-2/h9-10,13-14,16,20-23,25-28,32-36,38-41,77-79,84H,5-8,11-12,15,17-19,24,29-31,37,42-76H2,1-4H3,(H,89,90)(H,91,92)/b13-9-,14-10-,20-16-,25-21-,26-22-,27-23-,32-28-,36-33-,39-38-,40-34-,41-35-. The van der Waals surface area contributed by atoms with Crippen LogP contribution in [0.2, 0.25) is 0 Å². The van der Waals surface area contributed by atoms with Crippen LogP contribution in [0.1, 0.15) is 310 Å². The number of aliphatic hydroxyl groups excluding tert-OH is 1. The summed E-state index contributed by atoms with van der Waals surface area (Å²) >= 11 is 0. The minimum absolute atomic E-state index is 0.0718. The van der Waals surface area contributed by atoms with Gasteiger partial charge in [0.1, 0.15) is 19.3 Å². The number of ether oxygens (including phenoxy) is 4. The molecule has 0 aromatic carbocycles. The summed E-state index contributed by atoms with van der Waals surface area (Å²) in [5.41, 5.74) is 0. The third-order valence-corrected chi connectivity index (χ3v) is 18.0. The highest BCUT2D eigenvalue weighted by Gasteiger charge is 2.30. The van der Waals surface area contributed by atoms with E-state index in [0.717, 1.165) is 212 Å². The number of hydrogen-bond donors (Lipinski definition) is 3. The van der Waals surface area contributed by atoms with Crippen LogP contribution < -0.4 is 0 Å². The molecule has 102 heavy (non-hydrogen) atoms. The summed E-state index contributed by atoms with van der Waals surface area (Å²) < 4.78 is 68.5. The fraction of sp³-hybridized carbons (Fsp3) is 0.687. The molecule has 0 saturated heterocycles. The van der Waals surface area contributed by atoms with E-state index in [-0.39, 0.29) is 25.7 Å². The zero-order valence-electron chi connectivity index (χ0n) is 63.7. The molecule has 5 atom stereocenters. The highest BCUT2D eigenvalue weighted by atomic mass is 31.2. The first-order valence-corrected chi connectivity index (χ1v) is 42.4.